The van der Waals surface area contributed by atoms with Crippen LogP contribution in [-0.4, -0.2) is 66.9 Å². The topological polar surface area (TPSA) is 204 Å². The molecule has 2 aliphatic heterocycles. The van der Waals surface area contributed by atoms with Crippen molar-refractivity contribution in [3.8, 4) is 17.5 Å². The zero-order valence-electron chi connectivity index (χ0n) is 32.6. The maximum absolute atomic E-state index is 13.4. The number of nitrogens with one attached hydrogen (secondary N) is 1. The van der Waals surface area contributed by atoms with E-state index in [2.05, 4.69) is 64.6 Å². The van der Waals surface area contributed by atoms with E-state index < -0.39 is 34.2 Å². The van der Waals surface area contributed by atoms with Crippen molar-refractivity contribution < 1.29 is 19.1 Å². The van der Waals surface area contributed by atoms with Crippen molar-refractivity contribution in [3.05, 3.63) is 98.6 Å². The van der Waals surface area contributed by atoms with E-state index in [-0.39, 0.29) is 30.8 Å². The number of anilines is 1. The van der Waals surface area contributed by atoms with Gasteiger partial charge in [0.15, 0.2) is 0 Å². The van der Waals surface area contributed by atoms with Gasteiger partial charge in [0.2, 0.25) is 11.8 Å². The number of halogens is 1. The summed E-state index contributed by atoms with van der Waals surface area (Å²) in [4.78, 5) is 52.5. The number of primary amides is 1. The summed E-state index contributed by atoms with van der Waals surface area (Å²) in [5, 5.41) is 29.5. The molecular weight excluding hydrogens is 760 g/mol. The number of benzene rings is 3. The van der Waals surface area contributed by atoms with Crippen molar-refractivity contribution in [1.82, 2.24) is 35.3 Å². The lowest BCUT2D eigenvalue weighted by atomic mass is 9.43. The van der Waals surface area contributed by atoms with Gasteiger partial charge >= 0.3 is 0 Å². The van der Waals surface area contributed by atoms with Crippen LogP contribution in [0.25, 0.3) is 16.6 Å². The molecular formula is C42H43ClN10O5. The minimum atomic E-state index is -0.881. The molecule has 3 fully saturated rings. The van der Waals surface area contributed by atoms with Gasteiger partial charge in [-0.05, 0) is 85.7 Å². The van der Waals surface area contributed by atoms with Crippen LogP contribution in [-0.2, 0) is 16.0 Å². The third-order valence-electron chi connectivity index (χ3n) is 12.2. The highest BCUT2D eigenvalue weighted by Gasteiger charge is 2.64. The summed E-state index contributed by atoms with van der Waals surface area (Å²) in [5.41, 5.74) is 9.29. The molecule has 1 atom stereocenters. The van der Waals surface area contributed by atoms with E-state index in [1.165, 1.54) is 0 Å². The Balaban J connectivity index is 0.949. The first-order chi connectivity index (χ1) is 27.6. The second-order valence-corrected chi connectivity index (χ2v) is 17.2. The molecule has 1 unspecified atom stereocenters. The van der Waals surface area contributed by atoms with Crippen molar-refractivity contribution in [2.45, 2.75) is 77.9 Å². The van der Waals surface area contributed by atoms with E-state index in [1.807, 2.05) is 30.5 Å². The second-order valence-electron chi connectivity index (χ2n) is 16.8. The van der Waals surface area contributed by atoms with Gasteiger partial charge in [0, 0.05) is 53.6 Å². The highest BCUT2D eigenvalue weighted by atomic mass is 35.5. The number of amides is 3. The second kappa shape index (κ2) is 14.7. The van der Waals surface area contributed by atoms with Gasteiger partial charge in [0.25, 0.3) is 11.5 Å². The standard InChI is InChI=1S/C42H43ClN10O5/c1-41(2)36(42(3,4)40(41)58-28-8-5-24(21-44)32(43)20-28)30-19-27(6-9-29(30)37(45)55)52-22-25(47-49-52)17-23-13-15-51(16-14-23)26-7-10-33-31(18-26)39(57)53(50-48-33)34-11-12-35(54)46-38(34)56/h5-10,18-20,22-23,34,36,40H,11-17H2,1-4H3,(H2,45,55)(H,46,54,56). The summed E-state index contributed by atoms with van der Waals surface area (Å²) in [7, 11) is 0. The van der Waals surface area contributed by atoms with Gasteiger partial charge in [-0.15, -0.1) is 10.2 Å². The Kier molecular flexibility index (Phi) is 9.79. The van der Waals surface area contributed by atoms with E-state index in [0.29, 0.717) is 38.7 Å². The van der Waals surface area contributed by atoms with Gasteiger partial charge in [0.05, 0.1) is 33.6 Å². The van der Waals surface area contributed by atoms with Crippen LogP contribution in [0.3, 0.4) is 0 Å². The van der Waals surface area contributed by atoms with Crippen molar-refractivity contribution in [2.75, 3.05) is 18.0 Å². The Morgan fingerprint density at radius 3 is 2.40 bits per heavy atom. The molecule has 58 heavy (non-hydrogen) atoms. The fourth-order valence-corrected chi connectivity index (χ4v) is 9.96. The van der Waals surface area contributed by atoms with E-state index >= 15 is 0 Å². The lowest BCUT2D eigenvalue weighted by Crippen LogP contribution is -2.64. The van der Waals surface area contributed by atoms with Gasteiger partial charge in [-0.3, -0.25) is 24.5 Å². The number of carbonyl (C=O) groups excluding carboxylic acids is 3. The molecule has 3 aromatic carbocycles. The van der Waals surface area contributed by atoms with Crippen molar-refractivity contribution in [1.29, 1.82) is 5.26 Å². The van der Waals surface area contributed by atoms with Gasteiger partial charge in [-0.2, -0.15) is 9.94 Å². The molecule has 1 aliphatic carbocycles. The molecule has 3 N–H and O–H groups in total. The van der Waals surface area contributed by atoms with Crippen LogP contribution in [0.15, 0.2) is 65.6 Å². The summed E-state index contributed by atoms with van der Waals surface area (Å²) in [6, 6.07) is 17.3. The number of hydrogen-bond acceptors (Lipinski definition) is 11. The highest BCUT2D eigenvalue weighted by molar-refractivity contribution is 6.31. The first kappa shape index (κ1) is 38.7. The van der Waals surface area contributed by atoms with Gasteiger partial charge < -0.3 is 15.4 Å². The molecule has 5 aromatic rings. The van der Waals surface area contributed by atoms with Crippen LogP contribution < -0.4 is 26.2 Å². The first-order valence-corrected chi connectivity index (χ1v) is 19.7. The number of ether oxygens (including phenoxy) is 1. The largest absolute Gasteiger partial charge is 0.489 e. The van der Waals surface area contributed by atoms with Crippen LogP contribution >= 0.6 is 11.6 Å². The fraction of sp³-hybridized carbons (Fsp3) is 0.405. The number of rotatable bonds is 9. The molecule has 16 heteroatoms. The lowest BCUT2D eigenvalue weighted by Gasteiger charge is -2.63. The SMILES string of the molecule is CC1(C)C(Oc2ccc(C#N)c(Cl)c2)C(C)(C)C1c1cc(-n2cc(CC3CCN(c4ccc5nnn(C6CCC(=O)NC6=O)c(=O)c5c4)CC3)nn2)ccc1C(N)=O. The summed E-state index contributed by atoms with van der Waals surface area (Å²) < 4.78 is 9.33. The maximum atomic E-state index is 13.4. The average Bonchev–Trinajstić information content (AvgIpc) is 3.66. The lowest BCUT2D eigenvalue weighted by molar-refractivity contribution is -0.160. The molecule has 4 heterocycles. The van der Waals surface area contributed by atoms with Crippen LogP contribution in [0, 0.1) is 28.1 Å². The number of nitrogens with zero attached hydrogens (tertiary/aromatic N) is 8. The Labute approximate surface area is 339 Å². The molecule has 1 saturated carbocycles. The van der Waals surface area contributed by atoms with Crippen molar-refractivity contribution in [2.24, 2.45) is 22.5 Å². The quantitative estimate of drug-likeness (QED) is 0.189. The molecule has 3 aliphatic rings. The number of carbonyl (C=O) groups is 3. The Morgan fingerprint density at radius 1 is 0.966 bits per heavy atom. The average molecular weight is 803 g/mol. The Bertz CT molecular complexity index is 2570. The zero-order chi connectivity index (χ0) is 41.1. The Morgan fingerprint density at radius 2 is 1.71 bits per heavy atom. The Hall–Kier alpha value is -6.14. The van der Waals surface area contributed by atoms with Crippen molar-refractivity contribution in [3.63, 3.8) is 0 Å². The van der Waals surface area contributed by atoms with Crippen molar-refractivity contribution >= 4 is 45.9 Å². The van der Waals surface area contributed by atoms with Gasteiger partial charge in [-0.1, -0.05) is 49.7 Å². The smallest absolute Gasteiger partial charge is 0.278 e. The summed E-state index contributed by atoms with van der Waals surface area (Å²) in [5.74, 6) is -0.589. The number of nitriles is 1. The van der Waals surface area contributed by atoms with Crippen LogP contribution in [0.1, 0.15) is 92.5 Å². The van der Waals surface area contributed by atoms with Gasteiger partial charge in [0.1, 0.15) is 29.5 Å². The van der Waals surface area contributed by atoms with Crippen LogP contribution in [0.4, 0.5) is 5.69 Å². The van der Waals surface area contributed by atoms with Crippen LogP contribution in [0.5, 0.6) is 5.75 Å². The molecule has 298 valence electrons. The summed E-state index contributed by atoms with van der Waals surface area (Å²) in [6.45, 7) is 10.0. The van der Waals surface area contributed by atoms with E-state index in [1.54, 1.807) is 35.0 Å². The third kappa shape index (κ3) is 6.85. The monoisotopic (exact) mass is 802 g/mol. The summed E-state index contributed by atoms with van der Waals surface area (Å²) in [6.07, 6.45) is 4.58. The molecule has 0 radical (unpaired) electrons. The minimum Gasteiger partial charge on any atom is -0.489 e. The molecule has 2 saturated heterocycles. The molecule has 3 amide bonds. The van der Waals surface area contributed by atoms with E-state index in [0.717, 1.165) is 59.7 Å². The number of nitrogens with two attached hydrogens (primary N) is 1. The number of aromatic nitrogens is 6. The van der Waals surface area contributed by atoms with Gasteiger partial charge in [-0.25, -0.2) is 4.68 Å². The van der Waals surface area contributed by atoms with E-state index in [9.17, 15) is 24.4 Å². The third-order valence-corrected chi connectivity index (χ3v) is 12.5. The zero-order valence-corrected chi connectivity index (χ0v) is 33.4. The first-order valence-electron chi connectivity index (χ1n) is 19.3. The van der Waals surface area contributed by atoms with Crippen LogP contribution in [0.2, 0.25) is 5.02 Å². The predicted molar refractivity (Wildman–Crippen MR) is 215 cm³/mol. The molecule has 15 nitrogen and oxygen atoms in total. The number of hydrogen-bond donors (Lipinski definition) is 2. The molecule has 0 spiro atoms. The number of imide groups is 1. The predicted octanol–water partition coefficient (Wildman–Crippen LogP) is 5.03. The van der Waals surface area contributed by atoms with E-state index in [4.69, 9.17) is 22.1 Å². The molecule has 8 rings (SSSR count). The number of piperidine rings is 2. The molecule has 2 aromatic heterocycles. The number of fused-ring (bicyclic) bond motifs is 1. The maximum Gasteiger partial charge on any atom is 0.278 e. The highest BCUT2D eigenvalue weighted by Crippen LogP contribution is 2.65. The fourth-order valence-electron chi connectivity index (χ4n) is 9.75. The summed E-state index contributed by atoms with van der Waals surface area (Å²) >= 11 is 6.31. The molecule has 0 bridgehead atoms. The normalized spacial score (nSPS) is 21.6. The minimum absolute atomic E-state index is 0.101.